The highest BCUT2D eigenvalue weighted by atomic mass is 16.2. The fraction of sp³-hybridized carbons (Fsp3) is 0.923. The second kappa shape index (κ2) is 6.24. The summed E-state index contributed by atoms with van der Waals surface area (Å²) in [5.41, 5.74) is 0. The van der Waals surface area contributed by atoms with Crippen molar-refractivity contribution in [3.63, 3.8) is 0 Å². The molecule has 3 nitrogen and oxygen atoms in total. The van der Waals surface area contributed by atoms with Crippen molar-refractivity contribution < 1.29 is 4.79 Å². The van der Waals surface area contributed by atoms with E-state index in [1.54, 1.807) is 0 Å². The van der Waals surface area contributed by atoms with Gasteiger partial charge in [0.2, 0.25) is 5.91 Å². The predicted octanol–water partition coefficient (Wildman–Crippen LogP) is 2.07. The van der Waals surface area contributed by atoms with Gasteiger partial charge in [-0.3, -0.25) is 4.79 Å². The van der Waals surface area contributed by atoms with E-state index in [0.717, 1.165) is 19.3 Å². The van der Waals surface area contributed by atoms with Gasteiger partial charge in [0.05, 0.1) is 6.04 Å². The minimum Gasteiger partial charge on any atom is -0.352 e. The highest BCUT2D eigenvalue weighted by Crippen LogP contribution is 2.13. The molecular formula is C13H26N2O. The molecule has 3 unspecified atom stereocenters. The van der Waals surface area contributed by atoms with Crippen molar-refractivity contribution in [3.05, 3.63) is 0 Å². The van der Waals surface area contributed by atoms with Gasteiger partial charge in [-0.15, -0.1) is 0 Å². The van der Waals surface area contributed by atoms with Gasteiger partial charge in [-0.1, -0.05) is 13.8 Å². The topological polar surface area (TPSA) is 41.1 Å². The molecule has 0 aromatic carbocycles. The summed E-state index contributed by atoms with van der Waals surface area (Å²) in [5.74, 6) is 0.813. The number of rotatable bonds is 4. The molecule has 1 saturated heterocycles. The fourth-order valence-corrected chi connectivity index (χ4v) is 2.45. The van der Waals surface area contributed by atoms with Crippen molar-refractivity contribution in [2.24, 2.45) is 5.92 Å². The summed E-state index contributed by atoms with van der Waals surface area (Å²) in [6.07, 6.45) is 4.37. The van der Waals surface area contributed by atoms with Gasteiger partial charge in [0.1, 0.15) is 0 Å². The first-order valence-electron chi connectivity index (χ1n) is 6.55. The molecule has 1 heterocycles. The number of carbonyl (C=O) groups excluding carboxylic acids is 1. The molecule has 1 fully saturated rings. The zero-order chi connectivity index (χ0) is 12.1. The van der Waals surface area contributed by atoms with Crippen molar-refractivity contribution in [2.75, 3.05) is 0 Å². The number of nitrogens with one attached hydrogen (secondary N) is 2. The van der Waals surface area contributed by atoms with Crippen LogP contribution >= 0.6 is 0 Å². The largest absolute Gasteiger partial charge is 0.352 e. The maximum Gasteiger partial charge on any atom is 0.237 e. The number of piperidine rings is 1. The van der Waals surface area contributed by atoms with Crippen molar-refractivity contribution >= 4 is 5.91 Å². The van der Waals surface area contributed by atoms with Crippen molar-refractivity contribution in [1.82, 2.24) is 10.6 Å². The lowest BCUT2D eigenvalue weighted by Gasteiger charge is -2.29. The molecule has 0 aliphatic carbocycles. The van der Waals surface area contributed by atoms with Crippen LogP contribution in [-0.2, 0) is 4.79 Å². The van der Waals surface area contributed by atoms with Crippen LogP contribution in [0.5, 0.6) is 0 Å². The summed E-state index contributed by atoms with van der Waals surface area (Å²) in [6, 6.07) is 0.787. The van der Waals surface area contributed by atoms with E-state index < -0.39 is 0 Å². The SMILES string of the molecule is CC(C)CC(C)NC(=O)C1CCCC(C)N1. The quantitative estimate of drug-likeness (QED) is 0.770. The summed E-state index contributed by atoms with van der Waals surface area (Å²) in [5, 5.41) is 6.46. The van der Waals surface area contributed by atoms with E-state index in [1.807, 2.05) is 0 Å². The van der Waals surface area contributed by atoms with E-state index in [4.69, 9.17) is 0 Å². The Morgan fingerprint density at radius 2 is 2.06 bits per heavy atom. The molecule has 0 aromatic heterocycles. The van der Waals surface area contributed by atoms with Gasteiger partial charge in [-0.25, -0.2) is 0 Å². The first kappa shape index (κ1) is 13.5. The third-order valence-corrected chi connectivity index (χ3v) is 3.15. The summed E-state index contributed by atoms with van der Waals surface area (Å²) in [4.78, 5) is 12.0. The van der Waals surface area contributed by atoms with E-state index in [1.165, 1.54) is 6.42 Å². The van der Waals surface area contributed by atoms with E-state index in [0.29, 0.717) is 12.0 Å². The maximum absolute atomic E-state index is 12.0. The van der Waals surface area contributed by atoms with Crippen LogP contribution in [0.4, 0.5) is 0 Å². The summed E-state index contributed by atoms with van der Waals surface area (Å²) in [6.45, 7) is 8.61. The van der Waals surface area contributed by atoms with Crippen LogP contribution in [0.25, 0.3) is 0 Å². The molecule has 3 heteroatoms. The minimum absolute atomic E-state index is 0.0263. The molecule has 1 aliphatic heterocycles. The predicted molar refractivity (Wildman–Crippen MR) is 67.3 cm³/mol. The Kier molecular flexibility index (Phi) is 5.26. The Balaban J connectivity index is 2.33. The fourth-order valence-electron chi connectivity index (χ4n) is 2.45. The Morgan fingerprint density at radius 1 is 1.38 bits per heavy atom. The van der Waals surface area contributed by atoms with Crippen molar-refractivity contribution in [2.45, 2.75) is 71.5 Å². The van der Waals surface area contributed by atoms with Gasteiger partial charge in [-0.05, 0) is 45.4 Å². The highest BCUT2D eigenvalue weighted by Gasteiger charge is 2.24. The van der Waals surface area contributed by atoms with Crippen molar-refractivity contribution in [3.8, 4) is 0 Å². The Bertz CT molecular complexity index is 228. The lowest BCUT2D eigenvalue weighted by Crippen LogP contribution is -2.51. The number of hydrogen-bond donors (Lipinski definition) is 2. The number of amides is 1. The Labute approximate surface area is 99.4 Å². The first-order valence-corrected chi connectivity index (χ1v) is 6.55. The van der Waals surface area contributed by atoms with Gasteiger partial charge >= 0.3 is 0 Å². The number of hydrogen-bond acceptors (Lipinski definition) is 2. The van der Waals surface area contributed by atoms with Crippen LogP contribution < -0.4 is 10.6 Å². The van der Waals surface area contributed by atoms with Gasteiger partial charge in [0.15, 0.2) is 0 Å². The molecule has 0 aromatic rings. The minimum atomic E-state index is 0.0263. The van der Waals surface area contributed by atoms with Crippen LogP contribution in [-0.4, -0.2) is 24.0 Å². The summed E-state index contributed by atoms with van der Waals surface area (Å²) >= 11 is 0. The summed E-state index contributed by atoms with van der Waals surface area (Å²) in [7, 11) is 0. The van der Waals surface area contributed by atoms with Crippen LogP contribution in [0, 0.1) is 5.92 Å². The van der Waals surface area contributed by atoms with Crippen LogP contribution in [0.1, 0.15) is 53.4 Å². The van der Waals surface area contributed by atoms with Gasteiger partial charge in [0, 0.05) is 12.1 Å². The first-order chi connectivity index (χ1) is 7.49. The van der Waals surface area contributed by atoms with E-state index in [-0.39, 0.29) is 18.0 Å². The summed E-state index contributed by atoms with van der Waals surface area (Å²) < 4.78 is 0. The van der Waals surface area contributed by atoms with Gasteiger partial charge < -0.3 is 10.6 Å². The third-order valence-electron chi connectivity index (χ3n) is 3.15. The van der Waals surface area contributed by atoms with E-state index >= 15 is 0 Å². The second-order valence-corrected chi connectivity index (χ2v) is 5.59. The molecule has 0 spiro atoms. The van der Waals surface area contributed by atoms with Gasteiger partial charge in [-0.2, -0.15) is 0 Å². The molecule has 3 atom stereocenters. The molecule has 0 radical (unpaired) electrons. The molecule has 2 N–H and O–H groups in total. The van der Waals surface area contributed by atoms with Crippen LogP contribution in [0.2, 0.25) is 0 Å². The third kappa shape index (κ3) is 4.52. The lowest BCUT2D eigenvalue weighted by atomic mass is 9.98. The molecule has 16 heavy (non-hydrogen) atoms. The number of carbonyl (C=O) groups is 1. The average Bonchev–Trinajstić information content (AvgIpc) is 2.16. The van der Waals surface area contributed by atoms with Crippen LogP contribution in [0.15, 0.2) is 0 Å². The Morgan fingerprint density at radius 3 is 2.62 bits per heavy atom. The average molecular weight is 226 g/mol. The van der Waals surface area contributed by atoms with Crippen molar-refractivity contribution in [1.29, 1.82) is 0 Å². The molecule has 1 rings (SSSR count). The van der Waals surface area contributed by atoms with Crippen LogP contribution in [0.3, 0.4) is 0 Å². The second-order valence-electron chi connectivity index (χ2n) is 5.59. The molecular weight excluding hydrogens is 200 g/mol. The monoisotopic (exact) mass is 226 g/mol. The van der Waals surface area contributed by atoms with E-state index in [2.05, 4.69) is 38.3 Å². The zero-order valence-corrected chi connectivity index (χ0v) is 11.0. The maximum atomic E-state index is 12.0. The van der Waals surface area contributed by atoms with Gasteiger partial charge in [0.25, 0.3) is 0 Å². The standard InChI is InChI=1S/C13H26N2O/c1-9(2)8-11(4)15-13(16)12-7-5-6-10(3)14-12/h9-12,14H,5-8H2,1-4H3,(H,15,16). The molecule has 94 valence electrons. The highest BCUT2D eigenvalue weighted by molar-refractivity contribution is 5.82. The molecule has 1 aliphatic rings. The lowest BCUT2D eigenvalue weighted by molar-refractivity contribution is -0.124. The molecule has 0 bridgehead atoms. The molecule has 1 amide bonds. The van der Waals surface area contributed by atoms with E-state index in [9.17, 15) is 4.79 Å². The smallest absolute Gasteiger partial charge is 0.237 e. The zero-order valence-electron chi connectivity index (χ0n) is 11.0. The molecule has 0 saturated carbocycles. The Hall–Kier alpha value is -0.570. The normalized spacial score (nSPS) is 27.8.